The van der Waals surface area contributed by atoms with Crippen LogP contribution in [0.15, 0.2) is 18.2 Å². The number of hydrogen-bond donors (Lipinski definition) is 0. The summed E-state index contributed by atoms with van der Waals surface area (Å²) in [6.07, 6.45) is 10.5. The van der Waals surface area contributed by atoms with Crippen LogP contribution in [0.5, 0.6) is 0 Å². The van der Waals surface area contributed by atoms with Gasteiger partial charge < -0.3 is 14.2 Å². The molecule has 3 rings (SSSR count). The Kier molecular flexibility index (Phi) is 9.13. The zero-order chi connectivity index (χ0) is 21.3. The van der Waals surface area contributed by atoms with E-state index in [1.165, 1.54) is 31.7 Å². The molecule has 0 unspecified atom stereocenters. The van der Waals surface area contributed by atoms with Crippen molar-refractivity contribution in [2.45, 2.75) is 90.4 Å². The van der Waals surface area contributed by atoms with E-state index in [0.717, 1.165) is 44.4 Å². The third kappa shape index (κ3) is 6.52. The van der Waals surface area contributed by atoms with Crippen LogP contribution in [0.3, 0.4) is 0 Å². The van der Waals surface area contributed by atoms with Crippen molar-refractivity contribution in [2.24, 2.45) is 11.8 Å². The van der Waals surface area contributed by atoms with Crippen LogP contribution in [0.1, 0.15) is 100 Å². The van der Waals surface area contributed by atoms with Crippen LogP contribution < -0.4 is 0 Å². The monoisotopic (exact) mass is 420 g/mol. The highest BCUT2D eigenvalue weighted by molar-refractivity contribution is 5.89. The first-order valence-electron chi connectivity index (χ1n) is 11.8. The third-order valence-electron chi connectivity index (χ3n) is 6.44. The lowest BCUT2D eigenvalue weighted by Crippen LogP contribution is -2.27. The Morgan fingerprint density at radius 1 is 1.00 bits per heavy atom. The van der Waals surface area contributed by atoms with Gasteiger partial charge in [0.25, 0.3) is 0 Å². The van der Waals surface area contributed by atoms with E-state index in [1.807, 2.05) is 0 Å². The van der Waals surface area contributed by atoms with Crippen molar-refractivity contribution in [3.8, 4) is 0 Å². The van der Waals surface area contributed by atoms with Gasteiger partial charge in [0.05, 0.1) is 18.8 Å². The van der Waals surface area contributed by atoms with Crippen LogP contribution in [0.4, 0.5) is 4.39 Å². The average molecular weight is 421 g/mol. The second kappa shape index (κ2) is 11.8. The number of carbonyl (C=O) groups is 1. The molecule has 0 bridgehead atoms. The molecule has 0 N–H and O–H groups in total. The van der Waals surface area contributed by atoms with Crippen LogP contribution in [0, 0.1) is 17.7 Å². The van der Waals surface area contributed by atoms with Crippen molar-refractivity contribution in [1.82, 2.24) is 0 Å². The molecule has 0 atom stereocenters. The smallest absolute Gasteiger partial charge is 0.338 e. The predicted octanol–water partition coefficient (Wildman–Crippen LogP) is 6.58. The third-order valence-corrected chi connectivity index (χ3v) is 6.44. The maximum absolute atomic E-state index is 14.6. The largest absolute Gasteiger partial charge is 0.459 e. The molecule has 1 saturated heterocycles. The summed E-state index contributed by atoms with van der Waals surface area (Å²) in [5.74, 6) is 0.201. The van der Waals surface area contributed by atoms with Crippen molar-refractivity contribution in [3.63, 3.8) is 0 Å². The standard InChI is InChI=1S/C25H37FO4/c1-3-5-6-8-18-9-12-21(13-10-18)30-24(27)20-11-14-22(23(26)15-20)25-28-16-19(7-4-2)17-29-25/h11,14-15,18-19,21,25H,3-10,12-13,16-17H2,1-2H3/t18-,19?,21-,25?. The highest BCUT2D eigenvalue weighted by Crippen LogP contribution is 2.31. The minimum Gasteiger partial charge on any atom is -0.459 e. The second-order valence-electron chi connectivity index (χ2n) is 8.93. The lowest BCUT2D eigenvalue weighted by Gasteiger charge is -2.30. The van der Waals surface area contributed by atoms with E-state index in [9.17, 15) is 9.18 Å². The van der Waals surface area contributed by atoms with Gasteiger partial charge in [-0.2, -0.15) is 0 Å². The van der Waals surface area contributed by atoms with Gasteiger partial charge in [0.1, 0.15) is 11.9 Å². The zero-order valence-electron chi connectivity index (χ0n) is 18.5. The number of rotatable bonds is 9. The van der Waals surface area contributed by atoms with Gasteiger partial charge in [-0.05, 0) is 50.2 Å². The first-order chi connectivity index (χ1) is 14.6. The minimum absolute atomic E-state index is 0.0526. The molecule has 1 aromatic carbocycles. The fourth-order valence-electron chi connectivity index (χ4n) is 4.58. The summed E-state index contributed by atoms with van der Waals surface area (Å²) >= 11 is 0. The highest BCUT2D eigenvalue weighted by atomic mass is 19.1. The van der Waals surface area contributed by atoms with Gasteiger partial charge >= 0.3 is 5.97 Å². The van der Waals surface area contributed by atoms with Gasteiger partial charge in [0.15, 0.2) is 6.29 Å². The first kappa shape index (κ1) is 23.2. The van der Waals surface area contributed by atoms with E-state index in [0.29, 0.717) is 24.7 Å². The molecular formula is C25H37FO4. The Bertz CT molecular complexity index is 661. The Labute approximate surface area is 180 Å². The summed E-state index contributed by atoms with van der Waals surface area (Å²) < 4.78 is 31.7. The summed E-state index contributed by atoms with van der Waals surface area (Å²) in [6.45, 7) is 5.50. The Balaban J connectivity index is 1.47. The second-order valence-corrected chi connectivity index (χ2v) is 8.93. The Hall–Kier alpha value is -1.46. The van der Waals surface area contributed by atoms with Crippen molar-refractivity contribution in [1.29, 1.82) is 0 Å². The lowest BCUT2D eigenvalue weighted by molar-refractivity contribution is -0.207. The summed E-state index contributed by atoms with van der Waals surface area (Å²) in [5, 5.41) is 0. The van der Waals surface area contributed by atoms with Crippen LogP contribution in [-0.2, 0) is 14.2 Å². The molecule has 168 valence electrons. The number of esters is 1. The molecule has 30 heavy (non-hydrogen) atoms. The van der Waals surface area contributed by atoms with E-state index < -0.39 is 18.1 Å². The summed E-state index contributed by atoms with van der Waals surface area (Å²) in [6, 6.07) is 4.45. The van der Waals surface area contributed by atoms with Crippen LogP contribution in [-0.4, -0.2) is 25.3 Å². The SMILES string of the molecule is CCCCC[C@H]1CC[C@H](OC(=O)c2ccc(C3OCC(CCC)CO3)c(F)c2)CC1. The molecule has 1 aliphatic carbocycles. The maximum atomic E-state index is 14.6. The molecule has 1 saturated carbocycles. The van der Waals surface area contributed by atoms with Gasteiger partial charge in [-0.3, -0.25) is 0 Å². The molecule has 0 radical (unpaired) electrons. The first-order valence-corrected chi connectivity index (χ1v) is 11.8. The quantitative estimate of drug-likeness (QED) is 0.334. The van der Waals surface area contributed by atoms with Gasteiger partial charge in [-0.25, -0.2) is 9.18 Å². The van der Waals surface area contributed by atoms with Gasteiger partial charge in [-0.1, -0.05) is 52.0 Å². The average Bonchev–Trinajstić information content (AvgIpc) is 2.76. The minimum atomic E-state index is -0.703. The molecule has 5 heteroatoms. The molecule has 0 spiro atoms. The van der Waals surface area contributed by atoms with E-state index in [-0.39, 0.29) is 11.7 Å². The lowest BCUT2D eigenvalue weighted by atomic mass is 9.84. The van der Waals surface area contributed by atoms with Crippen LogP contribution in [0.2, 0.25) is 0 Å². The Morgan fingerprint density at radius 2 is 1.73 bits per heavy atom. The van der Waals surface area contributed by atoms with Crippen LogP contribution in [0.25, 0.3) is 0 Å². The normalized spacial score (nSPS) is 27.0. The van der Waals surface area contributed by atoms with Crippen molar-refractivity contribution < 1.29 is 23.4 Å². The molecule has 0 amide bonds. The molecule has 4 nitrogen and oxygen atoms in total. The molecule has 1 aliphatic heterocycles. The van der Waals surface area contributed by atoms with Crippen molar-refractivity contribution in [2.75, 3.05) is 13.2 Å². The van der Waals surface area contributed by atoms with E-state index in [1.54, 1.807) is 12.1 Å². The number of ether oxygens (including phenoxy) is 3. The maximum Gasteiger partial charge on any atom is 0.338 e. The molecular weight excluding hydrogens is 383 g/mol. The predicted molar refractivity (Wildman–Crippen MR) is 115 cm³/mol. The number of unbranched alkanes of at least 4 members (excludes halogenated alkanes) is 2. The number of hydrogen-bond acceptors (Lipinski definition) is 4. The Morgan fingerprint density at radius 3 is 2.37 bits per heavy atom. The molecule has 1 heterocycles. The zero-order valence-corrected chi connectivity index (χ0v) is 18.5. The molecule has 2 fully saturated rings. The molecule has 1 aromatic rings. The number of carbonyl (C=O) groups excluding carboxylic acids is 1. The van der Waals surface area contributed by atoms with E-state index >= 15 is 0 Å². The van der Waals surface area contributed by atoms with Crippen LogP contribution >= 0.6 is 0 Å². The van der Waals surface area contributed by atoms with Gasteiger partial charge in [-0.15, -0.1) is 0 Å². The molecule has 0 aromatic heterocycles. The molecule has 2 aliphatic rings. The van der Waals surface area contributed by atoms with Gasteiger partial charge in [0, 0.05) is 11.5 Å². The summed E-state index contributed by atoms with van der Waals surface area (Å²) in [5.41, 5.74) is 0.593. The number of halogens is 1. The topological polar surface area (TPSA) is 44.8 Å². The fourth-order valence-corrected chi connectivity index (χ4v) is 4.58. The van der Waals surface area contributed by atoms with E-state index in [4.69, 9.17) is 14.2 Å². The van der Waals surface area contributed by atoms with Gasteiger partial charge in [0.2, 0.25) is 0 Å². The van der Waals surface area contributed by atoms with Crippen molar-refractivity contribution >= 4 is 5.97 Å². The van der Waals surface area contributed by atoms with E-state index in [2.05, 4.69) is 13.8 Å². The summed E-state index contributed by atoms with van der Waals surface area (Å²) in [4.78, 5) is 12.5. The number of benzene rings is 1. The fraction of sp³-hybridized carbons (Fsp3) is 0.720. The van der Waals surface area contributed by atoms with Crippen molar-refractivity contribution in [3.05, 3.63) is 35.1 Å². The highest BCUT2D eigenvalue weighted by Gasteiger charge is 2.27. The summed E-state index contributed by atoms with van der Waals surface area (Å²) in [7, 11) is 0.